The molecule has 1 fully saturated rings. The molecule has 3 atom stereocenters. The van der Waals surface area contributed by atoms with Crippen LogP contribution >= 0.6 is 11.3 Å². The van der Waals surface area contributed by atoms with Gasteiger partial charge in [-0.25, -0.2) is 0 Å². The van der Waals surface area contributed by atoms with Crippen molar-refractivity contribution in [2.45, 2.75) is 77.4 Å². The molecule has 4 N–H and O–H groups in total. The van der Waals surface area contributed by atoms with Gasteiger partial charge in [0.1, 0.15) is 5.84 Å². The Morgan fingerprint density at radius 2 is 2.00 bits per heavy atom. The lowest BCUT2D eigenvalue weighted by Gasteiger charge is -2.45. The summed E-state index contributed by atoms with van der Waals surface area (Å²) in [6.07, 6.45) is 7.24. The average molecular weight is 451 g/mol. The predicted molar refractivity (Wildman–Crippen MR) is 136 cm³/mol. The summed E-state index contributed by atoms with van der Waals surface area (Å²) in [4.78, 5) is 20.3. The van der Waals surface area contributed by atoms with E-state index in [0.29, 0.717) is 28.6 Å². The van der Waals surface area contributed by atoms with Gasteiger partial charge in [0.05, 0.1) is 10.4 Å². The molecule has 3 aromatic rings. The summed E-state index contributed by atoms with van der Waals surface area (Å²) in [5.41, 5.74) is 8.39. The van der Waals surface area contributed by atoms with Crippen LogP contribution in [0.4, 0.5) is 0 Å². The van der Waals surface area contributed by atoms with Gasteiger partial charge in [-0.2, -0.15) is 0 Å². The highest BCUT2D eigenvalue weighted by Gasteiger charge is 2.32. The summed E-state index contributed by atoms with van der Waals surface area (Å²) in [5, 5.41) is 8.82. The Labute approximate surface area is 194 Å². The van der Waals surface area contributed by atoms with Crippen LogP contribution in [0.5, 0.6) is 0 Å². The molecule has 0 aliphatic carbocycles. The van der Waals surface area contributed by atoms with Crippen molar-refractivity contribution in [2.24, 2.45) is 5.73 Å². The molecule has 0 radical (unpaired) electrons. The van der Waals surface area contributed by atoms with E-state index >= 15 is 0 Å². The number of pyridine rings is 1. The number of aromatic nitrogens is 1. The van der Waals surface area contributed by atoms with E-state index in [-0.39, 0.29) is 11.4 Å². The molecule has 4 rings (SSSR count). The highest BCUT2D eigenvalue weighted by atomic mass is 32.1. The van der Waals surface area contributed by atoms with Crippen molar-refractivity contribution >= 4 is 28.1 Å². The smallest absolute Gasteiger partial charge is 0.257 e. The van der Waals surface area contributed by atoms with Crippen LogP contribution in [0.1, 0.15) is 75.8 Å². The number of piperidine rings is 1. The van der Waals surface area contributed by atoms with Gasteiger partial charge < -0.3 is 10.7 Å². The number of hydrogen-bond donors (Lipinski definition) is 3. The number of amidine groups is 1. The van der Waals surface area contributed by atoms with Gasteiger partial charge in [-0.05, 0) is 62.9 Å². The molecule has 5 nitrogen and oxygen atoms in total. The number of nitrogens with zero attached hydrogens (tertiary/aromatic N) is 1. The molecule has 3 heterocycles. The van der Waals surface area contributed by atoms with Crippen LogP contribution in [-0.4, -0.2) is 27.8 Å². The van der Waals surface area contributed by atoms with Crippen molar-refractivity contribution in [3.63, 3.8) is 0 Å². The number of benzene rings is 1. The topological polar surface area (TPSA) is 86.0 Å². The molecule has 170 valence electrons. The molecule has 0 spiro atoms. The summed E-state index contributed by atoms with van der Waals surface area (Å²) in [5.74, 6) is 0.0341. The number of hydrogen-bond acceptors (Lipinski definition) is 4. The highest BCUT2D eigenvalue weighted by molar-refractivity contribution is 7.17. The van der Waals surface area contributed by atoms with Crippen LogP contribution < -0.4 is 11.3 Å². The van der Waals surface area contributed by atoms with Crippen LogP contribution in [0, 0.1) is 5.41 Å². The first-order valence-corrected chi connectivity index (χ1v) is 12.6. The molecule has 1 aliphatic rings. The Kier molecular flexibility index (Phi) is 6.82. The summed E-state index contributed by atoms with van der Waals surface area (Å²) in [7, 11) is 0. The van der Waals surface area contributed by atoms with E-state index < -0.39 is 0 Å². The summed E-state index contributed by atoms with van der Waals surface area (Å²) in [6, 6.07) is 13.5. The van der Waals surface area contributed by atoms with Gasteiger partial charge in [0.15, 0.2) is 0 Å². The Morgan fingerprint density at radius 3 is 2.66 bits per heavy atom. The summed E-state index contributed by atoms with van der Waals surface area (Å²) >= 11 is 1.39. The molecule has 2 aromatic heterocycles. The molecular formula is C26H34N4OS. The number of unbranched alkanes of at least 4 members (excludes halogenated alkanes) is 1. The minimum Gasteiger partial charge on any atom is -0.383 e. The lowest BCUT2D eigenvalue weighted by molar-refractivity contribution is 0.0496. The van der Waals surface area contributed by atoms with Crippen molar-refractivity contribution in [1.82, 2.24) is 9.88 Å². The quantitative estimate of drug-likeness (QED) is 0.303. The molecule has 32 heavy (non-hydrogen) atoms. The van der Waals surface area contributed by atoms with Crippen molar-refractivity contribution in [1.29, 1.82) is 5.41 Å². The zero-order chi connectivity index (χ0) is 22.8. The molecule has 0 saturated carbocycles. The fourth-order valence-corrected chi connectivity index (χ4v) is 6.15. The van der Waals surface area contributed by atoms with E-state index in [1.807, 2.05) is 18.2 Å². The third-order valence-electron chi connectivity index (χ3n) is 6.87. The zero-order valence-electron chi connectivity index (χ0n) is 19.3. The summed E-state index contributed by atoms with van der Waals surface area (Å²) < 4.78 is 0. The maximum atomic E-state index is 12.9. The minimum absolute atomic E-state index is 0.0341. The number of thiophene rings is 1. The van der Waals surface area contributed by atoms with E-state index in [0.717, 1.165) is 22.2 Å². The first kappa shape index (κ1) is 22.7. The van der Waals surface area contributed by atoms with E-state index in [4.69, 9.17) is 11.1 Å². The maximum absolute atomic E-state index is 12.9. The van der Waals surface area contributed by atoms with Crippen LogP contribution in [0.15, 0.2) is 41.2 Å². The first-order valence-electron chi connectivity index (χ1n) is 11.8. The Bertz CT molecular complexity index is 1150. The molecule has 0 bridgehead atoms. The second kappa shape index (κ2) is 9.59. The largest absolute Gasteiger partial charge is 0.383 e. The second-order valence-electron chi connectivity index (χ2n) is 9.13. The molecule has 3 unspecified atom stereocenters. The summed E-state index contributed by atoms with van der Waals surface area (Å²) in [6.45, 7) is 6.98. The molecule has 1 aromatic carbocycles. The minimum atomic E-state index is -0.101. The monoisotopic (exact) mass is 450 g/mol. The molecule has 6 heteroatoms. The first-order chi connectivity index (χ1) is 15.4. The Hall–Kier alpha value is -2.44. The molecule has 0 amide bonds. The zero-order valence-corrected chi connectivity index (χ0v) is 20.1. The highest BCUT2D eigenvalue weighted by Crippen LogP contribution is 2.39. The fraction of sp³-hybridized carbons (Fsp3) is 0.462. The number of nitrogen functional groups attached to an aromatic ring is 1. The number of aromatic amines is 1. The fourth-order valence-electron chi connectivity index (χ4n) is 5.27. The number of fused-ring (bicyclic) bond motifs is 1. The third-order valence-corrected chi connectivity index (χ3v) is 8.02. The second-order valence-corrected chi connectivity index (χ2v) is 10.2. The van der Waals surface area contributed by atoms with Gasteiger partial charge in [0.25, 0.3) is 5.56 Å². The number of nitrogens with one attached hydrogen (secondary N) is 2. The maximum Gasteiger partial charge on any atom is 0.257 e. The van der Waals surface area contributed by atoms with E-state index in [2.05, 4.69) is 48.9 Å². The van der Waals surface area contributed by atoms with Crippen LogP contribution in [-0.2, 0) is 0 Å². The lowest BCUT2D eigenvalue weighted by atomic mass is 9.88. The van der Waals surface area contributed by atoms with Crippen molar-refractivity contribution < 1.29 is 0 Å². The van der Waals surface area contributed by atoms with Crippen molar-refractivity contribution in [2.75, 3.05) is 0 Å². The van der Waals surface area contributed by atoms with Gasteiger partial charge in [-0.3, -0.25) is 15.1 Å². The number of rotatable bonds is 7. The molecule has 1 aliphatic heterocycles. The Morgan fingerprint density at radius 1 is 1.25 bits per heavy atom. The molecular weight excluding hydrogens is 416 g/mol. The number of likely N-dealkylation sites (tertiary alicyclic amines) is 1. The van der Waals surface area contributed by atoms with Crippen LogP contribution in [0.3, 0.4) is 0 Å². The van der Waals surface area contributed by atoms with Gasteiger partial charge in [-0.1, -0.05) is 38.3 Å². The lowest BCUT2D eigenvalue weighted by Crippen LogP contribution is -2.46. The standard InChI is InChI=1S/C26H34N4OS/c1-4-5-12-22(30-16(2)8-6-9-17(30)3)18-10-7-11-21-19(18)15-20(26(31)29-21)23-13-14-24(32-23)25(27)28/h7,10-11,13-17,22H,4-6,8-9,12H2,1-3H3,(H3,27,28)(H,29,31). The van der Waals surface area contributed by atoms with Gasteiger partial charge in [-0.15, -0.1) is 11.3 Å². The van der Waals surface area contributed by atoms with Crippen LogP contribution in [0.2, 0.25) is 0 Å². The Balaban J connectivity index is 1.86. The van der Waals surface area contributed by atoms with E-state index in [1.165, 1.54) is 49.0 Å². The molecule has 1 saturated heterocycles. The van der Waals surface area contributed by atoms with Crippen molar-refractivity contribution in [3.05, 3.63) is 57.2 Å². The SMILES string of the molecule is CCCCC(c1cccc2[nH]c(=O)c(-c3ccc(C(=N)N)s3)cc12)N1C(C)CCCC1C. The third kappa shape index (κ3) is 4.39. The number of H-pyrrole nitrogens is 1. The normalized spacial score (nSPS) is 20.5. The van der Waals surface area contributed by atoms with Gasteiger partial charge >= 0.3 is 0 Å². The van der Waals surface area contributed by atoms with Crippen LogP contribution in [0.25, 0.3) is 21.3 Å². The van der Waals surface area contributed by atoms with Gasteiger partial charge in [0.2, 0.25) is 0 Å². The van der Waals surface area contributed by atoms with E-state index in [1.54, 1.807) is 0 Å². The number of nitrogens with two attached hydrogens (primary N) is 1. The average Bonchev–Trinajstić information content (AvgIpc) is 3.25. The van der Waals surface area contributed by atoms with Crippen molar-refractivity contribution in [3.8, 4) is 10.4 Å². The van der Waals surface area contributed by atoms with Gasteiger partial charge in [0, 0.05) is 33.9 Å². The van der Waals surface area contributed by atoms with E-state index in [9.17, 15) is 4.79 Å². The predicted octanol–water partition coefficient (Wildman–Crippen LogP) is 6.03.